The van der Waals surface area contributed by atoms with Gasteiger partial charge in [-0.1, -0.05) is 6.07 Å². The van der Waals surface area contributed by atoms with E-state index in [4.69, 9.17) is 5.73 Å². The maximum absolute atomic E-state index is 5.75. The van der Waals surface area contributed by atoms with Crippen molar-refractivity contribution in [3.05, 3.63) is 29.3 Å². The van der Waals surface area contributed by atoms with Crippen molar-refractivity contribution < 1.29 is 0 Å². The van der Waals surface area contributed by atoms with Crippen LogP contribution in [0.2, 0.25) is 0 Å². The van der Waals surface area contributed by atoms with E-state index in [0.29, 0.717) is 0 Å². The van der Waals surface area contributed by atoms with E-state index in [0.717, 1.165) is 31.6 Å². The molecule has 3 heteroatoms. The van der Waals surface area contributed by atoms with Gasteiger partial charge in [0.15, 0.2) is 0 Å². The monoisotopic (exact) mass is 212 g/mol. The Balaban J connectivity index is 0.000000980. The van der Waals surface area contributed by atoms with Gasteiger partial charge in [0, 0.05) is 18.8 Å². The van der Waals surface area contributed by atoms with Gasteiger partial charge in [-0.2, -0.15) is 0 Å². The quantitative estimate of drug-likeness (QED) is 0.664. The fraction of sp³-hybridized carbons (Fsp3) is 0.455. The maximum atomic E-state index is 5.75. The van der Waals surface area contributed by atoms with Crippen molar-refractivity contribution in [3.63, 3.8) is 0 Å². The second-order valence-corrected chi connectivity index (χ2v) is 3.83. The van der Waals surface area contributed by atoms with Crippen molar-refractivity contribution in [2.45, 2.75) is 12.8 Å². The molecular formula is C11H17ClN2. The van der Waals surface area contributed by atoms with Gasteiger partial charge in [-0.05, 0) is 43.1 Å². The molecule has 0 amide bonds. The van der Waals surface area contributed by atoms with Gasteiger partial charge in [-0.25, -0.2) is 0 Å². The Hall–Kier alpha value is -0.730. The minimum atomic E-state index is 0. The number of rotatable bonds is 0. The summed E-state index contributed by atoms with van der Waals surface area (Å²) in [4.78, 5) is 2.37. The summed E-state index contributed by atoms with van der Waals surface area (Å²) in [5, 5.41) is 0. The van der Waals surface area contributed by atoms with Crippen molar-refractivity contribution in [1.82, 2.24) is 4.90 Å². The Labute approximate surface area is 91.5 Å². The molecule has 1 aliphatic rings. The fourth-order valence-corrected chi connectivity index (χ4v) is 1.86. The molecule has 2 rings (SSSR count). The second kappa shape index (κ2) is 4.67. The Kier molecular flexibility index (Phi) is 3.78. The normalized spacial score (nSPS) is 16.6. The second-order valence-electron chi connectivity index (χ2n) is 3.83. The first-order valence-electron chi connectivity index (χ1n) is 4.81. The average Bonchev–Trinajstić information content (AvgIpc) is 2.29. The molecule has 2 N–H and O–H groups in total. The van der Waals surface area contributed by atoms with Gasteiger partial charge in [0.05, 0.1) is 0 Å². The van der Waals surface area contributed by atoms with Crippen LogP contribution < -0.4 is 5.73 Å². The SMILES string of the molecule is CN1CCc2ccc(N)cc2CC1.Cl. The molecule has 0 saturated carbocycles. The maximum Gasteiger partial charge on any atom is 0.0316 e. The summed E-state index contributed by atoms with van der Waals surface area (Å²) in [6.07, 6.45) is 2.29. The molecule has 1 aliphatic heterocycles. The highest BCUT2D eigenvalue weighted by molar-refractivity contribution is 5.85. The number of hydrogen-bond acceptors (Lipinski definition) is 2. The zero-order valence-electron chi connectivity index (χ0n) is 8.49. The number of anilines is 1. The lowest BCUT2D eigenvalue weighted by Gasteiger charge is -2.10. The Bertz CT molecular complexity index is 312. The molecule has 0 unspecified atom stereocenters. The number of halogens is 1. The van der Waals surface area contributed by atoms with Gasteiger partial charge in [-0.3, -0.25) is 0 Å². The van der Waals surface area contributed by atoms with Gasteiger partial charge >= 0.3 is 0 Å². The number of nitrogen functional groups attached to an aromatic ring is 1. The predicted molar refractivity (Wildman–Crippen MR) is 63.0 cm³/mol. The molecule has 0 radical (unpaired) electrons. The minimum Gasteiger partial charge on any atom is -0.399 e. The molecule has 0 fully saturated rings. The smallest absolute Gasteiger partial charge is 0.0316 e. The van der Waals surface area contributed by atoms with Crippen LogP contribution in [0.3, 0.4) is 0 Å². The highest BCUT2D eigenvalue weighted by Crippen LogP contribution is 2.17. The summed E-state index contributed by atoms with van der Waals surface area (Å²) >= 11 is 0. The highest BCUT2D eigenvalue weighted by Gasteiger charge is 2.10. The molecule has 0 spiro atoms. The summed E-state index contributed by atoms with van der Waals surface area (Å²) in [6.45, 7) is 2.31. The van der Waals surface area contributed by atoms with Crippen LogP contribution in [0.1, 0.15) is 11.1 Å². The van der Waals surface area contributed by atoms with E-state index in [2.05, 4.69) is 24.1 Å². The van der Waals surface area contributed by atoms with Gasteiger partial charge in [-0.15, -0.1) is 12.4 Å². The Morgan fingerprint density at radius 1 is 1.14 bits per heavy atom. The van der Waals surface area contributed by atoms with Gasteiger partial charge in [0.25, 0.3) is 0 Å². The molecule has 78 valence electrons. The van der Waals surface area contributed by atoms with Gasteiger partial charge in [0.1, 0.15) is 0 Å². The molecule has 1 heterocycles. The van der Waals surface area contributed by atoms with Crippen LogP contribution in [0.25, 0.3) is 0 Å². The number of benzene rings is 1. The van der Waals surface area contributed by atoms with E-state index in [1.807, 2.05) is 6.07 Å². The van der Waals surface area contributed by atoms with Crippen molar-refractivity contribution in [1.29, 1.82) is 0 Å². The number of likely N-dealkylation sites (N-methyl/N-ethyl adjacent to an activating group) is 1. The number of fused-ring (bicyclic) bond motifs is 1. The van der Waals surface area contributed by atoms with Crippen LogP contribution >= 0.6 is 12.4 Å². The topological polar surface area (TPSA) is 29.3 Å². The zero-order valence-corrected chi connectivity index (χ0v) is 9.31. The standard InChI is InChI=1S/C11H16N2.ClH/c1-13-6-4-9-2-3-11(12)8-10(9)5-7-13;/h2-3,8H,4-7,12H2,1H3;1H. The van der Waals surface area contributed by atoms with Crippen molar-refractivity contribution in [2.24, 2.45) is 0 Å². The first-order chi connectivity index (χ1) is 6.25. The third kappa shape index (κ3) is 2.40. The van der Waals surface area contributed by atoms with Gasteiger partial charge < -0.3 is 10.6 Å². The lowest BCUT2D eigenvalue weighted by atomic mass is 10.0. The molecule has 0 aliphatic carbocycles. The average molecular weight is 213 g/mol. The van der Waals surface area contributed by atoms with Crippen molar-refractivity contribution in [3.8, 4) is 0 Å². The summed E-state index contributed by atoms with van der Waals surface area (Å²) in [7, 11) is 2.18. The van der Waals surface area contributed by atoms with Crippen LogP contribution in [0, 0.1) is 0 Å². The first-order valence-corrected chi connectivity index (χ1v) is 4.81. The third-order valence-electron chi connectivity index (χ3n) is 2.76. The van der Waals surface area contributed by atoms with Crippen LogP contribution in [0.4, 0.5) is 5.69 Å². The van der Waals surface area contributed by atoms with Crippen LogP contribution in [-0.2, 0) is 12.8 Å². The van der Waals surface area contributed by atoms with Crippen LogP contribution in [-0.4, -0.2) is 25.0 Å². The third-order valence-corrected chi connectivity index (χ3v) is 2.76. The lowest BCUT2D eigenvalue weighted by molar-refractivity contribution is 0.352. The summed E-state index contributed by atoms with van der Waals surface area (Å²) in [6, 6.07) is 6.29. The molecule has 0 saturated heterocycles. The largest absolute Gasteiger partial charge is 0.399 e. The number of nitrogens with two attached hydrogens (primary N) is 1. The lowest BCUT2D eigenvalue weighted by Crippen LogP contribution is -2.20. The van der Waals surface area contributed by atoms with Crippen molar-refractivity contribution in [2.75, 3.05) is 25.9 Å². The van der Waals surface area contributed by atoms with E-state index >= 15 is 0 Å². The highest BCUT2D eigenvalue weighted by atomic mass is 35.5. The zero-order chi connectivity index (χ0) is 9.26. The predicted octanol–water partition coefficient (Wildman–Crippen LogP) is 1.72. The molecule has 0 aromatic heterocycles. The number of hydrogen-bond donors (Lipinski definition) is 1. The summed E-state index contributed by atoms with van der Waals surface area (Å²) < 4.78 is 0. The molecule has 14 heavy (non-hydrogen) atoms. The molecule has 0 bridgehead atoms. The fourth-order valence-electron chi connectivity index (χ4n) is 1.86. The summed E-state index contributed by atoms with van der Waals surface area (Å²) in [5.74, 6) is 0. The van der Waals surface area contributed by atoms with E-state index in [1.54, 1.807) is 0 Å². The van der Waals surface area contributed by atoms with Crippen molar-refractivity contribution >= 4 is 18.1 Å². The molecule has 1 aromatic carbocycles. The van der Waals surface area contributed by atoms with E-state index in [1.165, 1.54) is 11.1 Å². The van der Waals surface area contributed by atoms with Crippen LogP contribution in [0.5, 0.6) is 0 Å². The van der Waals surface area contributed by atoms with Gasteiger partial charge in [0.2, 0.25) is 0 Å². The Morgan fingerprint density at radius 2 is 1.79 bits per heavy atom. The molecular weight excluding hydrogens is 196 g/mol. The number of nitrogens with zero attached hydrogens (tertiary/aromatic N) is 1. The molecule has 0 atom stereocenters. The first kappa shape index (κ1) is 11.3. The van der Waals surface area contributed by atoms with E-state index in [9.17, 15) is 0 Å². The summed E-state index contributed by atoms with van der Waals surface area (Å²) in [5.41, 5.74) is 9.55. The van der Waals surface area contributed by atoms with E-state index in [-0.39, 0.29) is 12.4 Å². The Morgan fingerprint density at radius 3 is 2.50 bits per heavy atom. The molecule has 2 nitrogen and oxygen atoms in total. The minimum absolute atomic E-state index is 0. The van der Waals surface area contributed by atoms with E-state index < -0.39 is 0 Å². The molecule has 1 aromatic rings. The van der Waals surface area contributed by atoms with Crippen LogP contribution in [0.15, 0.2) is 18.2 Å².